The molecule has 9 aromatic rings. The van der Waals surface area contributed by atoms with E-state index >= 15 is 0 Å². The molecular weight excluding hydrogens is 603 g/mol. The zero-order valence-electron chi connectivity index (χ0n) is 26.4. The number of hydrogen-bond donors (Lipinski definition) is 0. The van der Waals surface area contributed by atoms with E-state index < -0.39 is 0 Å². The van der Waals surface area contributed by atoms with Crippen molar-refractivity contribution in [3.05, 3.63) is 164 Å². The molecule has 1 aliphatic rings. The summed E-state index contributed by atoms with van der Waals surface area (Å²) in [6, 6.07) is 54.7. The van der Waals surface area contributed by atoms with Gasteiger partial charge in [0, 0.05) is 40.4 Å². The first kappa shape index (κ1) is 27.5. The number of fused-ring (bicyclic) bond motifs is 8. The van der Waals surface area contributed by atoms with Gasteiger partial charge in [-0.15, -0.1) is 0 Å². The Morgan fingerprint density at radius 3 is 2.22 bits per heavy atom. The van der Waals surface area contributed by atoms with E-state index in [9.17, 15) is 0 Å². The molecule has 0 N–H and O–H groups in total. The number of ether oxygens (including phenoxy) is 1. The van der Waals surface area contributed by atoms with Crippen LogP contribution >= 0.6 is 0 Å². The molecule has 232 valence electrons. The normalized spacial score (nSPS) is 12.4. The fourth-order valence-corrected chi connectivity index (χ4v) is 7.24. The van der Waals surface area contributed by atoms with Crippen molar-refractivity contribution < 1.29 is 4.74 Å². The van der Waals surface area contributed by atoms with Gasteiger partial charge in [0.1, 0.15) is 29.8 Å². The minimum Gasteiger partial charge on any atom is -0.457 e. The smallest absolute Gasteiger partial charge is 0.144 e. The van der Waals surface area contributed by atoms with E-state index in [0.29, 0.717) is 6.67 Å². The molecule has 0 radical (unpaired) electrons. The first-order valence-corrected chi connectivity index (χ1v) is 16.4. The molecule has 6 heteroatoms. The average molecular weight is 632 g/mol. The predicted octanol–water partition coefficient (Wildman–Crippen LogP) is 10.8. The van der Waals surface area contributed by atoms with Gasteiger partial charge in [-0.3, -0.25) is 4.57 Å². The second-order valence-electron chi connectivity index (χ2n) is 12.3. The van der Waals surface area contributed by atoms with Crippen LogP contribution in [0.4, 0.5) is 11.4 Å². The van der Waals surface area contributed by atoms with Gasteiger partial charge in [0.05, 0.1) is 27.8 Å². The highest BCUT2D eigenvalue weighted by atomic mass is 16.5. The van der Waals surface area contributed by atoms with E-state index in [-0.39, 0.29) is 0 Å². The lowest BCUT2D eigenvalue weighted by atomic mass is 10.0. The lowest BCUT2D eigenvalue weighted by Gasteiger charge is -2.33. The quantitative estimate of drug-likeness (QED) is 0.190. The predicted molar refractivity (Wildman–Crippen MR) is 198 cm³/mol. The summed E-state index contributed by atoms with van der Waals surface area (Å²) < 4.78 is 11.3. The topological polar surface area (TPSA) is 48.1 Å². The Hall–Kier alpha value is -6.66. The molecular formula is C43H29N5O. The summed E-state index contributed by atoms with van der Waals surface area (Å²) >= 11 is 0. The van der Waals surface area contributed by atoms with Crippen LogP contribution in [0.2, 0.25) is 0 Å². The summed E-state index contributed by atoms with van der Waals surface area (Å²) in [6.45, 7) is 0.626. The highest BCUT2D eigenvalue weighted by Crippen LogP contribution is 2.44. The minimum absolute atomic E-state index is 0.626. The fraction of sp³-hybridized carbons (Fsp3) is 0.0233. The molecule has 4 heterocycles. The maximum Gasteiger partial charge on any atom is 0.144 e. The molecule has 6 nitrogen and oxygen atoms in total. The zero-order chi connectivity index (χ0) is 32.3. The van der Waals surface area contributed by atoms with Crippen molar-refractivity contribution in [2.24, 2.45) is 0 Å². The number of anilines is 2. The second kappa shape index (κ2) is 11.0. The molecule has 0 unspecified atom stereocenters. The van der Waals surface area contributed by atoms with Crippen LogP contribution in [0.5, 0.6) is 11.5 Å². The van der Waals surface area contributed by atoms with Crippen LogP contribution in [0, 0.1) is 0 Å². The molecule has 0 atom stereocenters. The summed E-state index contributed by atoms with van der Waals surface area (Å²) in [5, 5.41) is 2.33. The van der Waals surface area contributed by atoms with Crippen LogP contribution in [0.1, 0.15) is 0 Å². The van der Waals surface area contributed by atoms with Crippen molar-refractivity contribution in [2.75, 3.05) is 4.90 Å². The third-order valence-electron chi connectivity index (χ3n) is 9.44. The van der Waals surface area contributed by atoms with Crippen LogP contribution in [-0.2, 0) is 6.67 Å². The van der Waals surface area contributed by atoms with Crippen molar-refractivity contribution in [1.82, 2.24) is 19.1 Å². The van der Waals surface area contributed by atoms with E-state index in [1.54, 1.807) is 0 Å². The van der Waals surface area contributed by atoms with Crippen molar-refractivity contribution in [3.63, 3.8) is 0 Å². The van der Waals surface area contributed by atoms with Gasteiger partial charge in [0.2, 0.25) is 0 Å². The van der Waals surface area contributed by atoms with E-state index in [1.807, 2.05) is 36.5 Å². The first-order chi connectivity index (χ1) is 24.3. The Morgan fingerprint density at radius 1 is 0.551 bits per heavy atom. The average Bonchev–Trinajstić information content (AvgIpc) is 3.71. The number of benzene rings is 6. The molecule has 0 spiro atoms. The third-order valence-corrected chi connectivity index (χ3v) is 9.44. The molecule has 0 aliphatic carbocycles. The highest BCUT2D eigenvalue weighted by Gasteiger charge is 2.26. The minimum atomic E-state index is 0.626. The highest BCUT2D eigenvalue weighted by molar-refractivity contribution is 6.09. The van der Waals surface area contributed by atoms with Gasteiger partial charge >= 0.3 is 0 Å². The Kier molecular flexibility index (Phi) is 6.14. The van der Waals surface area contributed by atoms with Gasteiger partial charge in [-0.25, -0.2) is 9.97 Å². The van der Waals surface area contributed by atoms with Crippen molar-refractivity contribution in [2.45, 2.75) is 6.67 Å². The Bertz CT molecular complexity index is 2680. The SMILES string of the molecule is c1ccc(-c2cc(Oc3ccc4c5ccccc5n(-c5ccccn5)c4c3)cc(N3Cn4c(nc5ccccc54)-c4ccccc43)c2)cc1. The molecule has 0 fully saturated rings. The van der Waals surface area contributed by atoms with Gasteiger partial charge in [0.25, 0.3) is 0 Å². The summed E-state index contributed by atoms with van der Waals surface area (Å²) in [5.41, 5.74) is 9.72. The third kappa shape index (κ3) is 4.49. The Balaban J connectivity index is 1.12. The maximum atomic E-state index is 6.80. The number of aromatic nitrogens is 4. The zero-order valence-corrected chi connectivity index (χ0v) is 26.4. The van der Waals surface area contributed by atoms with Crippen LogP contribution in [-0.4, -0.2) is 19.1 Å². The number of pyridine rings is 1. The van der Waals surface area contributed by atoms with Crippen LogP contribution in [0.3, 0.4) is 0 Å². The lowest BCUT2D eigenvalue weighted by Crippen LogP contribution is -2.26. The summed E-state index contributed by atoms with van der Waals surface area (Å²) in [6.07, 6.45) is 1.83. The van der Waals surface area contributed by atoms with Gasteiger partial charge < -0.3 is 14.2 Å². The van der Waals surface area contributed by atoms with Crippen molar-refractivity contribution in [1.29, 1.82) is 0 Å². The molecule has 0 amide bonds. The molecule has 3 aromatic heterocycles. The number of rotatable bonds is 5. The number of imidazole rings is 1. The molecule has 0 saturated heterocycles. The number of para-hydroxylation sites is 4. The van der Waals surface area contributed by atoms with E-state index in [2.05, 4.69) is 141 Å². The molecule has 0 saturated carbocycles. The maximum absolute atomic E-state index is 6.80. The number of hydrogen-bond acceptors (Lipinski definition) is 4. The van der Waals surface area contributed by atoms with Gasteiger partial charge in [-0.1, -0.05) is 78.9 Å². The molecule has 0 bridgehead atoms. The first-order valence-electron chi connectivity index (χ1n) is 16.4. The summed E-state index contributed by atoms with van der Waals surface area (Å²) in [7, 11) is 0. The van der Waals surface area contributed by atoms with E-state index in [1.165, 1.54) is 5.39 Å². The van der Waals surface area contributed by atoms with E-state index in [0.717, 1.165) is 78.7 Å². The monoisotopic (exact) mass is 631 g/mol. The summed E-state index contributed by atoms with van der Waals surface area (Å²) in [5.74, 6) is 3.37. The van der Waals surface area contributed by atoms with Gasteiger partial charge in [-0.2, -0.15) is 0 Å². The molecule has 10 rings (SSSR count). The Labute approximate surface area is 282 Å². The fourth-order valence-electron chi connectivity index (χ4n) is 7.24. The van der Waals surface area contributed by atoms with Crippen molar-refractivity contribution >= 4 is 44.2 Å². The van der Waals surface area contributed by atoms with Crippen LogP contribution < -0.4 is 9.64 Å². The largest absolute Gasteiger partial charge is 0.457 e. The molecule has 49 heavy (non-hydrogen) atoms. The van der Waals surface area contributed by atoms with Crippen LogP contribution in [0.15, 0.2) is 164 Å². The number of nitrogens with zero attached hydrogens (tertiary/aromatic N) is 5. The van der Waals surface area contributed by atoms with Crippen LogP contribution in [0.25, 0.3) is 61.2 Å². The Morgan fingerprint density at radius 2 is 1.33 bits per heavy atom. The van der Waals surface area contributed by atoms with Gasteiger partial charge in [0.15, 0.2) is 0 Å². The molecule has 1 aliphatic heterocycles. The van der Waals surface area contributed by atoms with E-state index in [4.69, 9.17) is 14.7 Å². The second-order valence-corrected chi connectivity index (χ2v) is 12.3. The van der Waals surface area contributed by atoms with Gasteiger partial charge in [-0.05, 0) is 77.9 Å². The summed E-state index contributed by atoms with van der Waals surface area (Å²) in [4.78, 5) is 12.1. The lowest BCUT2D eigenvalue weighted by molar-refractivity contribution is 0.483. The van der Waals surface area contributed by atoms with Crippen molar-refractivity contribution in [3.8, 4) is 39.8 Å². The molecule has 6 aromatic carbocycles. The standard InChI is InChI=1S/C43H29N5O/c1-2-12-29(13-3-1)30-24-31(46-28-47-40-19-9-6-16-37(40)45-43(47)36-15-5-7-17-38(36)46)26-33(25-30)49-32-21-22-35-34-14-4-8-18-39(34)48(41(35)27-32)42-20-10-11-23-44-42/h1-27H,28H2.